The zero-order valence-electron chi connectivity index (χ0n) is 34.2. The molecular formula is C45H78NO7P. The van der Waals surface area contributed by atoms with Gasteiger partial charge < -0.3 is 20.1 Å². The fraction of sp³-hybridized carbons (Fsp3) is 0.667. The van der Waals surface area contributed by atoms with Crippen LogP contribution in [0.4, 0.5) is 0 Å². The van der Waals surface area contributed by atoms with Crippen molar-refractivity contribution in [3.05, 3.63) is 85.3 Å². The first-order valence-electron chi connectivity index (χ1n) is 21.2. The molecule has 0 radical (unpaired) electrons. The van der Waals surface area contributed by atoms with E-state index in [2.05, 4.69) is 26.0 Å². The van der Waals surface area contributed by atoms with Gasteiger partial charge in [0.25, 0.3) is 0 Å². The number of allylic oxidation sites excluding steroid dienone is 12. The number of hydrogen-bond donors (Lipinski definition) is 2. The average Bonchev–Trinajstić information content (AvgIpc) is 3.16. The van der Waals surface area contributed by atoms with Crippen LogP contribution in [-0.4, -0.2) is 43.3 Å². The zero-order valence-corrected chi connectivity index (χ0v) is 35.1. The minimum atomic E-state index is -4.34. The molecule has 0 aliphatic rings. The van der Waals surface area contributed by atoms with E-state index in [1.165, 1.54) is 134 Å². The molecule has 0 aromatic heterocycles. The highest BCUT2D eigenvalue weighted by molar-refractivity contribution is 7.47. The third kappa shape index (κ3) is 40.7. The highest BCUT2D eigenvalue weighted by Crippen LogP contribution is 2.43. The lowest BCUT2D eigenvalue weighted by Crippen LogP contribution is -2.27. The second-order valence-corrected chi connectivity index (χ2v) is 15.2. The molecule has 3 N–H and O–H groups in total. The van der Waals surface area contributed by atoms with E-state index in [0.29, 0.717) is 0 Å². The topological polar surface area (TPSA) is 117 Å². The molecule has 54 heavy (non-hydrogen) atoms. The molecule has 0 spiro atoms. The Labute approximate surface area is 330 Å². The number of rotatable bonds is 39. The van der Waals surface area contributed by atoms with Gasteiger partial charge in [-0.15, -0.1) is 0 Å². The van der Waals surface area contributed by atoms with E-state index in [0.717, 1.165) is 19.3 Å². The average molecular weight is 776 g/mol. The maximum atomic E-state index is 12.4. The van der Waals surface area contributed by atoms with Crippen molar-refractivity contribution in [3.63, 3.8) is 0 Å². The van der Waals surface area contributed by atoms with Crippen LogP contribution >= 0.6 is 7.82 Å². The quantitative estimate of drug-likeness (QED) is 0.0158. The molecule has 310 valence electrons. The van der Waals surface area contributed by atoms with Crippen molar-refractivity contribution in [1.29, 1.82) is 0 Å². The molecule has 2 atom stereocenters. The van der Waals surface area contributed by atoms with Crippen LogP contribution in [0.1, 0.15) is 162 Å². The minimum absolute atomic E-state index is 0.0416. The number of carbonyl (C=O) groups excluding carboxylic acids is 1. The number of phosphoric ester groups is 1. The Bertz CT molecular complexity index is 1100. The van der Waals surface area contributed by atoms with Crippen LogP contribution in [0.2, 0.25) is 0 Å². The lowest BCUT2D eigenvalue weighted by molar-refractivity contribution is -0.147. The number of carbonyl (C=O) groups is 1. The zero-order chi connectivity index (χ0) is 39.5. The smallest absolute Gasteiger partial charge is 0.472 e. The molecule has 0 aromatic carbocycles. The van der Waals surface area contributed by atoms with Gasteiger partial charge in [0.2, 0.25) is 0 Å². The third-order valence-electron chi connectivity index (χ3n) is 8.62. The van der Waals surface area contributed by atoms with E-state index in [1.807, 2.05) is 42.5 Å². The first-order valence-corrected chi connectivity index (χ1v) is 22.7. The number of hydrogen-bond acceptors (Lipinski definition) is 7. The van der Waals surface area contributed by atoms with Gasteiger partial charge in [-0.05, 0) is 31.8 Å². The first kappa shape index (κ1) is 51.5. The van der Waals surface area contributed by atoms with Gasteiger partial charge in [-0.1, -0.05) is 203 Å². The van der Waals surface area contributed by atoms with Crippen molar-refractivity contribution >= 4 is 13.8 Å². The van der Waals surface area contributed by atoms with Crippen molar-refractivity contribution in [2.45, 2.75) is 168 Å². The molecule has 1 unspecified atom stereocenters. The fourth-order valence-electron chi connectivity index (χ4n) is 5.50. The van der Waals surface area contributed by atoms with E-state index in [9.17, 15) is 14.3 Å². The summed E-state index contributed by atoms with van der Waals surface area (Å²) in [6.07, 6.45) is 54.7. The fourth-order valence-corrected chi connectivity index (χ4v) is 6.26. The predicted molar refractivity (Wildman–Crippen MR) is 228 cm³/mol. The van der Waals surface area contributed by atoms with E-state index < -0.39 is 19.9 Å². The largest absolute Gasteiger partial charge is 0.498 e. The highest BCUT2D eigenvalue weighted by Gasteiger charge is 2.24. The van der Waals surface area contributed by atoms with Crippen LogP contribution in [0, 0.1) is 0 Å². The summed E-state index contributed by atoms with van der Waals surface area (Å²) in [5.74, 6) is -0.632. The summed E-state index contributed by atoms with van der Waals surface area (Å²) in [6, 6.07) is 0. The van der Waals surface area contributed by atoms with Crippen LogP contribution in [0.5, 0.6) is 0 Å². The Morgan fingerprint density at radius 1 is 0.574 bits per heavy atom. The van der Waals surface area contributed by atoms with Crippen molar-refractivity contribution in [3.8, 4) is 0 Å². The molecule has 0 amide bonds. The molecule has 0 saturated carbocycles. The van der Waals surface area contributed by atoms with Gasteiger partial charge in [-0.3, -0.25) is 9.05 Å². The van der Waals surface area contributed by atoms with Crippen molar-refractivity contribution in [2.24, 2.45) is 5.73 Å². The van der Waals surface area contributed by atoms with E-state index in [-0.39, 0.29) is 26.4 Å². The molecule has 0 aliphatic heterocycles. The summed E-state index contributed by atoms with van der Waals surface area (Å²) < 4.78 is 32.9. The van der Waals surface area contributed by atoms with Crippen LogP contribution < -0.4 is 5.73 Å². The molecule has 0 bridgehead atoms. The normalized spacial score (nSPS) is 14.3. The summed E-state index contributed by atoms with van der Waals surface area (Å²) in [7, 11) is -4.34. The highest BCUT2D eigenvalue weighted by atomic mass is 31.2. The third-order valence-corrected chi connectivity index (χ3v) is 9.60. The second-order valence-electron chi connectivity index (χ2n) is 13.8. The Balaban J connectivity index is 4.36. The van der Waals surface area contributed by atoms with Gasteiger partial charge in [0.05, 0.1) is 19.5 Å². The van der Waals surface area contributed by atoms with Crippen LogP contribution in [0.3, 0.4) is 0 Å². The summed E-state index contributed by atoms with van der Waals surface area (Å²) in [6.45, 7) is 4.03. The molecule has 0 rings (SSSR count). The molecular weight excluding hydrogens is 697 g/mol. The summed E-state index contributed by atoms with van der Waals surface area (Å²) in [5.41, 5.74) is 5.34. The lowest BCUT2D eigenvalue weighted by Gasteiger charge is -2.18. The molecule has 0 fully saturated rings. The van der Waals surface area contributed by atoms with Crippen molar-refractivity contribution < 1.29 is 32.8 Å². The van der Waals surface area contributed by atoms with Gasteiger partial charge in [0.15, 0.2) is 6.10 Å². The standard InChI is InChI=1S/C45H78NO7P/c1-3-5-7-9-11-13-15-17-19-21-22-23-24-26-28-30-32-34-36-38-45(47)53-44(43-52-54(48,49)51-41-39-46)42-50-40-37-35-33-31-29-27-25-20-18-16-14-12-10-8-6-4-2/h19,21-24,26,28,30,32,34,36-38,40,44H,3-18,20,25,27,29,31,33,35,39,41-43,46H2,1-2H3,(H,48,49)/b21-19?,23-22?,26-24?,30-28?,34-32?,38-36?,40-37-/t44-/m1/s1. The molecule has 9 heteroatoms. The van der Waals surface area contributed by atoms with Crippen molar-refractivity contribution in [1.82, 2.24) is 0 Å². The number of nitrogens with two attached hydrogens (primary N) is 1. The number of esters is 1. The Morgan fingerprint density at radius 3 is 1.48 bits per heavy atom. The molecule has 0 aromatic rings. The summed E-state index contributed by atoms with van der Waals surface area (Å²) >= 11 is 0. The second kappa shape index (κ2) is 41.7. The number of unbranched alkanes of at least 4 members (excludes halogenated alkanes) is 21. The number of ether oxygens (including phenoxy) is 2. The van der Waals surface area contributed by atoms with E-state index in [4.69, 9.17) is 24.3 Å². The molecule has 0 saturated heterocycles. The Morgan fingerprint density at radius 2 is 1.00 bits per heavy atom. The summed E-state index contributed by atoms with van der Waals surface area (Å²) in [5, 5.41) is 0. The van der Waals surface area contributed by atoms with Gasteiger partial charge >= 0.3 is 13.8 Å². The molecule has 0 heterocycles. The monoisotopic (exact) mass is 776 g/mol. The first-order chi connectivity index (χ1) is 26.4. The SMILES string of the molecule is CCCCCCCCCC=CC=CC=CC=CC=CC=CC(=O)O[C@H](CO/C=C\CCCCCCCCCCCCCCCC)COP(=O)(O)OCCN. The molecule has 8 nitrogen and oxygen atoms in total. The lowest BCUT2D eigenvalue weighted by atomic mass is 10.0. The predicted octanol–water partition coefficient (Wildman–Crippen LogP) is 12.9. The van der Waals surface area contributed by atoms with Gasteiger partial charge in [-0.2, -0.15) is 0 Å². The van der Waals surface area contributed by atoms with Crippen LogP contribution in [0.25, 0.3) is 0 Å². The maximum absolute atomic E-state index is 12.4. The van der Waals surface area contributed by atoms with Crippen molar-refractivity contribution in [2.75, 3.05) is 26.4 Å². The van der Waals surface area contributed by atoms with E-state index >= 15 is 0 Å². The Kier molecular flexibility index (Phi) is 39.8. The van der Waals surface area contributed by atoms with Gasteiger partial charge in [0, 0.05) is 12.6 Å². The molecule has 0 aliphatic carbocycles. The van der Waals surface area contributed by atoms with Gasteiger partial charge in [0.1, 0.15) is 6.61 Å². The maximum Gasteiger partial charge on any atom is 0.472 e. The number of phosphoric acid groups is 1. The minimum Gasteiger partial charge on any atom is -0.498 e. The van der Waals surface area contributed by atoms with Crippen LogP contribution in [0.15, 0.2) is 85.3 Å². The van der Waals surface area contributed by atoms with Crippen LogP contribution in [-0.2, 0) is 27.9 Å². The summed E-state index contributed by atoms with van der Waals surface area (Å²) in [4.78, 5) is 22.3. The van der Waals surface area contributed by atoms with Gasteiger partial charge in [-0.25, -0.2) is 9.36 Å². The Hall–Kier alpha value is -2.48. The van der Waals surface area contributed by atoms with E-state index in [1.54, 1.807) is 24.5 Å².